The van der Waals surface area contributed by atoms with Crippen LogP contribution in [0.2, 0.25) is 0 Å². The fourth-order valence-corrected chi connectivity index (χ4v) is 2.25. The first-order valence-electron chi connectivity index (χ1n) is 6.16. The van der Waals surface area contributed by atoms with Gasteiger partial charge in [0, 0.05) is 26.2 Å². The second kappa shape index (κ2) is 5.73. The summed E-state index contributed by atoms with van der Waals surface area (Å²) in [6.45, 7) is 5.75. The van der Waals surface area contributed by atoms with Gasteiger partial charge in [-0.15, -0.1) is 0 Å². The third-order valence-electron chi connectivity index (χ3n) is 3.25. The second-order valence-corrected chi connectivity index (χ2v) is 4.31. The molecule has 1 heterocycles. The molecule has 4 nitrogen and oxygen atoms in total. The molecule has 0 N–H and O–H groups in total. The Kier molecular flexibility index (Phi) is 4.04. The van der Waals surface area contributed by atoms with Gasteiger partial charge >= 0.3 is 0 Å². The van der Waals surface area contributed by atoms with Crippen molar-refractivity contribution in [1.82, 2.24) is 4.90 Å². The molecular weight excluding hydrogens is 247 g/mol. The van der Waals surface area contributed by atoms with Gasteiger partial charge in [-0.3, -0.25) is 4.79 Å². The number of anilines is 1. The maximum atomic E-state index is 13.9. The highest BCUT2D eigenvalue weighted by atomic mass is 19.1. The molecule has 0 aliphatic carbocycles. The molecule has 0 saturated carbocycles. The van der Waals surface area contributed by atoms with E-state index in [1.54, 1.807) is 17.0 Å². The Hall–Kier alpha value is -2.04. The van der Waals surface area contributed by atoms with Crippen LogP contribution in [-0.2, 0) is 4.79 Å². The molecule has 1 aliphatic rings. The predicted octanol–water partition coefficient (Wildman–Crippen LogP) is 1.67. The van der Waals surface area contributed by atoms with Crippen molar-refractivity contribution in [1.29, 1.82) is 0 Å². The van der Waals surface area contributed by atoms with Crippen molar-refractivity contribution < 1.29 is 13.9 Å². The van der Waals surface area contributed by atoms with Crippen LogP contribution in [0.4, 0.5) is 10.1 Å². The van der Waals surface area contributed by atoms with Gasteiger partial charge in [0.1, 0.15) is 17.3 Å². The SMILES string of the molecule is C=CC(=O)N1CCN(c2c(F)cccc2OC)CC1. The van der Waals surface area contributed by atoms with Gasteiger partial charge in [0.25, 0.3) is 0 Å². The van der Waals surface area contributed by atoms with Crippen LogP contribution < -0.4 is 9.64 Å². The average Bonchev–Trinajstić information content (AvgIpc) is 2.46. The summed E-state index contributed by atoms with van der Waals surface area (Å²) in [7, 11) is 1.52. The number of methoxy groups -OCH3 is 1. The Labute approximate surface area is 112 Å². The van der Waals surface area contributed by atoms with Crippen LogP contribution in [0.25, 0.3) is 0 Å². The zero-order chi connectivity index (χ0) is 13.8. The molecule has 0 bridgehead atoms. The Morgan fingerprint density at radius 3 is 2.63 bits per heavy atom. The maximum absolute atomic E-state index is 13.9. The van der Waals surface area contributed by atoms with Crippen LogP contribution in [-0.4, -0.2) is 44.1 Å². The Bertz CT molecular complexity index is 482. The van der Waals surface area contributed by atoms with E-state index in [1.807, 2.05) is 4.90 Å². The van der Waals surface area contributed by atoms with Crippen LogP contribution in [0.3, 0.4) is 0 Å². The number of carbonyl (C=O) groups is 1. The second-order valence-electron chi connectivity index (χ2n) is 4.31. The highest BCUT2D eigenvalue weighted by molar-refractivity contribution is 5.87. The molecule has 5 heteroatoms. The molecule has 1 fully saturated rings. The van der Waals surface area contributed by atoms with Crippen molar-refractivity contribution in [2.24, 2.45) is 0 Å². The van der Waals surface area contributed by atoms with E-state index in [1.165, 1.54) is 19.3 Å². The number of amides is 1. The van der Waals surface area contributed by atoms with Gasteiger partial charge in [0.15, 0.2) is 0 Å². The van der Waals surface area contributed by atoms with E-state index in [0.717, 1.165) is 0 Å². The van der Waals surface area contributed by atoms with Crippen molar-refractivity contribution in [3.05, 3.63) is 36.7 Å². The van der Waals surface area contributed by atoms with Crippen LogP contribution in [0.1, 0.15) is 0 Å². The summed E-state index contributed by atoms with van der Waals surface area (Å²) >= 11 is 0. The van der Waals surface area contributed by atoms with E-state index in [9.17, 15) is 9.18 Å². The molecule has 1 aromatic rings. The minimum atomic E-state index is -0.303. The molecule has 0 aromatic heterocycles. The third kappa shape index (κ3) is 2.70. The fraction of sp³-hybridized carbons (Fsp3) is 0.357. The van der Waals surface area contributed by atoms with E-state index in [0.29, 0.717) is 37.6 Å². The summed E-state index contributed by atoms with van der Waals surface area (Å²) in [6.07, 6.45) is 1.30. The molecule has 19 heavy (non-hydrogen) atoms. The molecule has 0 unspecified atom stereocenters. The molecule has 102 valence electrons. The zero-order valence-electron chi connectivity index (χ0n) is 10.9. The normalized spacial score (nSPS) is 15.3. The van der Waals surface area contributed by atoms with Crippen LogP contribution in [0, 0.1) is 5.82 Å². The zero-order valence-corrected chi connectivity index (χ0v) is 10.9. The topological polar surface area (TPSA) is 32.8 Å². The van der Waals surface area contributed by atoms with Gasteiger partial charge in [0.05, 0.1) is 7.11 Å². The van der Waals surface area contributed by atoms with Gasteiger partial charge in [-0.1, -0.05) is 12.6 Å². The number of benzene rings is 1. The first-order chi connectivity index (χ1) is 9.17. The van der Waals surface area contributed by atoms with Crippen molar-refractivity contribution in [3.8, 4) is 5.75 Å². The standard InChI is InChI=1S/C14H17FN2O2/c1-3-13(18)16-7-9-17(10-8-16)14-11(15)5-4-6-12(14)19-2/h3-6H,1,7-10H2,2H3. The summed E-state index contributed by atoms with van der Waals surface area (Å²) in [5.41, 5.74) is 0.468. The van der Waals surface area contributed by atoms with Gasteiger partial charge in [0.2, 0.25) is 5.91 Å². The lowest BCUT2D eigenvalue weighted by molar-refractivity contribution is -0.126. The smallest absolute Gasteiger partial charge is 0.246 e. The Morgan fingerprint density at radius 1 is 1.37 bits per heavy atom. The molecule has 1 amide bonds. The van der Waals surface area contributed by atoms with E-state index >= 15 is 0 Å². The van der Waals surface area contributed by atoms with Gasteiger partial charge < -0.3 is 14.5 Å². The van der Waals surface area contributed by atoms with Gasteiger partial charge in [-0.2, -0.15) is 0 Å². The summed E-state index contributed by atoms with van der Waals surface area (Å²) in [4.78, 5) is 15.1. The molecule has 0 atom stereocenters. The number of halogens is 1. The highest BCUT2D eigenvalue weighted by Gasteiger charge is 2.23. The van der Waals surface area contributed by atoms with Crippen LogP contribution >= 0.6 is 0 Å². The monoisotopic (exact) mass is 264 g/mol. The average molecular weight is 264 g/mol. The van der Waals surface area contributed by atoms with Crippen molar-refractivity contribution >= 4 is 11.6 Å². The summed E-state index contributed by atoms with van der Waals surface area (Å²) in [5.74, 6) is 0.131. The molecule has 0 spiro atoms. The third-order valence-corrected chi connectivity index (χ3v) is 3.25. The van der Waals surface area contributed by atoms with Gasteiger partial charge in [-0.25, -0.2) is 4.39 Å². The fourth-order valence-electron chi connectivity index (χ4n) is 2.25. The molecule has 1 saturated heterocycles. The molecule has 2 rings (SSSR count). The minimum Gasteiger partial charge on any atom is -0.494 e. The number of para-hydroxylation sites is 1. The Morgan fingerprint density at radius 2 is 2.05 bits per heavy atom. The van der Waals surface area contributed by atoms with Crippen molar-refractivity contribution in [3.63, 3.8) is 0 Å². The quantitative estimate of drug-likeness (QED) is 0.779. The van der Waals surface area contributed by atoms with E-state index in [4.69, 9.17) is 4.74 Å². The van der Waals surface area contributed by atoms with Crippen molar-refractivity contribution in [2.45, 2.75) is 0 Å². The maximum Gasteiger partial charge on any atom is 0.246 e. The van der Waals surface area contributed by atoms with Crippen molar-refractivity contribution in [2.75, 3.05) is 38.2 Å². The number of carbonyl (C=O) groups excluding carboxylic acids is 1. The molecule has 0 radical (unpaired) electrons. The molecular formula is C14H17FN2O2. The number of hydrogen-bond acceptors (Lipinski definition) is 3. The number of piperazine rings is 1. The predicted molar refractivity (Wildman–Crippen MR) is 71.9 cm³/mol. The van der Waals surface area contributed by atoms with E-state index in [-0.39, 0.29) is 11.7 Å². The Balaban J connectivity index is 2.14. The van der Waals surface area contributed by atoms with E-state index in [2.05, 4.69) is 6.58 Å². The lowest BCUT2D eigenvalue weighted by Gasteiger charge is -2.36. The lowest BCUT2D eigenvalue weighted by atomic mass is 10.2. The van der Waals surface area contributed by atoms with Crippen LogP contribution in [0.5, 0.6) is 5.75 Å². The largest absolute Gasteiger partial charge is 0.494 e. The number of rotatable bonds is 3. The first-order valence-corrected chi connectivity index (χ1v) is 6.16. The number of hydrogen-bond donors (Lipinski definition) is 0. The number of ether oxygens (including phenoxy) is 1. The lowest BCUT2D eigenvalue weighted by Crippen LogP contribution is -2.48. The number of nitrogens with zero attached hydrogens (tertiary/aromatic N) is 2. The van der Waals surface area contributed by atoms with E-state index < -0.39 is 0 Å². The minimum absolute atomic E-state index is 0.0832. The summed E-state index contributed by atoms with van der Waals surface area (Å²) < 4.78 is 19.1. The molecule has 1 aromatic carbocycles. The van der Waals surface area contributed by atoms with Crippen LogP contribution in [0.15, 0.2) is 30.9 Å². The highest BCUT2D eigenvalue weighted by Crippen LogP contribution is 2.31. The van der Waals surface area contributed by atoms with Gasteiger partial charge in [-0.05, 0) is 18.2 Å². The first kappa shape index (κ1) is 13.4. The summed E-state index contributed by atoms with van der Waals surface area (Å²) in [6, 6.07) is 4.77. The summed E-state index contributed by atoms with van der Waals surface area (Å²) in [5, 5.41) is 0. The molecule has 1 aliphatic heterocycles.